The second-order valence-corrected chi connectivity index (χ2v) is 7.59. The zero-order valence-electron chi connectivity index (χ0n) is 18.8. The minimum atomic E-state index is -0.413. The van der Waals surface area contributed by atoms with E-state index in [1.807, 2.05) is 38.9 Å². The van der Waals surface area contributed by atoms with E-state index >= 15 is 0 Å². The average molecular weight is 441 g/mol. The number of H-pyrrole nitrogens is 2. The molecule has 10 heteroatoms. The van der Waals surface area contributed by atoms with E-state index in [9.17, 15) is 4.39 Å². The van der Waals surface area contributed by atoms with Crippen molar-refractivity contribution in [3.63, 3.8) is 0 Å². The maximum absolute atomic E-state index is 14.7. The number of aromatic amines is 2. The Morgan fingerprint density at radius 1 is 1.28 bits per heavy atom. The number of likely N-dealkylation sites (N-methyl/N-ethyl adjacent to an activating group) is 1. The molecule has 0 saturated heterocycles. The van der Waals surface area contributed by atoms with Crippen LogP contribution in [-0.2, 0) is 0 Å². The van der Waals surface area contributed by atoms with Gasteiger partial charge in [0.25, 0.3) is 0 Å². The number of aliphatic imine (C=N–C) groups is 2. The molecule has 0 radical (unpaired) electrons. The van der Waals surface area contributed by atoms with E-state index in [0.29, 0.717) is 29.4 Å². The fraction of sp³-hybridized carbons (Fsp3) is 0.318. The van der Waals surface area contributed by atoms with E-state index in [0.717, 1.165) is 23.4 Å². The molecule has 2 heterocycles. The number of hydrogen-bond acceptors (Lipinski definition) is 6. The van der Waals surface area contributed by atoms with Gasteiger partial charge in [-0.1, -0.05) is 0 Å². The predicted molar refractivity (Wildman–Crippen MR) is 127 cm³/mol. The summed E-state index contributed by atoms with van der Waals surface area (Å²) in [7, 11) is 3.97. The first-order chi connectivity index (χ1) is 15.4. The molecule has 170 valence electrons. The van der Waals surface area contributed by atoms with Crippen molar-refractivity contribution in [2.75, 3.05) is 39.2 Å². The van der Waals surface area contributed by atoms with E-state index < -0.39 is 5.82 Å². The number of rotatable bonds is 10. The van der Waals surface area contributed by atoms with E-state index in [2.05, 4.69) is 42.5 Å². The molecule has 3 aromatic rings. The highest BCUT2D eigenvalue weighted by molar-refractivity contribution is 5.94. The standard InChI is InChI=1S/C22H29FN8O/c1-14-10-16-17(27-14)6-7-18(22(16)23)32-13-26-20(25-8-9-31(4)5)12-19(24-3)28-21-11-15(2)29-30-21/h6-7,10-12,27H,3,8-9,13H2,1-2,4-5H3,(H,25,26)(H2,28,29,30)/b19-12+. The molecular formula is C22H29FN8O. The topological polar surface area (TPSA) is 106 Å². The van der Waals surface area contributed by atoms with Crippen LogP contribution in [0.15, 0.2) is 46.1 Å². The summed E-state index contributed by atoms with van der Waals surface area (Å²) in [6.45, 7) is 8.77. The zero-order valence-corrected chi connectivity index (χ0v) is 18.8. The van der Waals surface area contributed by atoms with Gasteiger partial charge in [0.1, 0.15) is 11.7 Å². The van der Waals surface area contributed by atoms with Gasteiger partial charge in [-0.15, -0.1) is 0 Å². The first-order valence-corrected chi connectivity index (χ1v) is 10.2. The largest absolute Gasteiger partial charge is 0.468 e. The second kappa shape index (κ2) is 10.6. The lowest BCUT2D eigenvalue weighted by molar-refractivity contribution is 0.314. The first-order valence-electron chi connectivity index (χ1n) is 10.2. The summed E-state index contributed by atoms with van der Waals surface area (Å²) in [5, 5.41) is 13.8. The van der Waals surface area contributed by atoms with Crippen LogP contribution >= 0.6 is 0 Å². The number of nitrogens with zero attached hydrogens (tertiary/aromatic N) is 4. The molecule has 3 rings (SSSR count). The van der Waals surface area contributed by atoms with Crippen LogP contribution in [0.4, 0.5) is 10.2 Å². The van der Waals surface area contributed by atoms with Gasteiger partial charge in [0, 0.05) is 47.5 Å². The van der Waals surface area contributed by atoms with Crippen LogP contribution in [-0.4, -0.2) is 66.6 Å². The number of ether oxygens (including phenoxy) is 1. The molecule has 0 fully saturated rings. The molecule has 0 unspecified atom stereocenters. The van der Waals surface area contributed by atoms with Crippen molar-refractivity contribution in [2.45, 2.75) is 13.8 Å². The lowest BCUT2D eigenvalue weighted by Crippen LogP contribution is -2.31. The zero-order chi connectivity index (χ0) is 23.1. The predicted octanol–water partition coefficient (Wildman–Crippen LogP) is 3.19. The number of hydrogen-bond donors (Lipinski definition) is 4. The maximum Gasteiger partial charge on any atom is 0.181 e. The minimum absolute atomic E-state index is 0.0709. The van der Waals surface area contributed by atoms with Crippen molar-refractivity contribution in [1.82, 2.24) is 25.4 Å². The Morgan fingerprint density at radius 2 is 2.09 bits per heavy atom. The van der Waals surface area contributed by atoms with Gasteiger partial charge in [0.15, 0.2) is 24.1 Å². The number of halogens is 1. The molecule has 0 amide bonds. The van der Waals surface area contributed by atoms with E-state index in [4.69, 9.17) is 4.74 Å². The summed E-state index contributed by atoms with van der Waals surface area (Å²) in [4.78, 5) is 13.6. The lowest BCUT2D eigenvalue weighted by Gasteiger charge is -2.13. The molecule has 32 heavy (non-hydrogen) atoms. The average Bonchev–Trinajstić information content (AvgIpc) is 3.33. The molecule has 0 bridgehead atoms. The number of aryl methyl sites for hydroxylation is 2. The smallest absolute Gasteiger partial charge is 0.181 e. The van der Waals surface area contributed by atoms with Gasteiger partial charge in [-0.05, 0) is 52.9 Å². The molecule has 0 aliphatic rings. The summed E-state index contributed by atoms with van der Waals surface area (Å²) in [5.41, 5.74) is 2.53. The molecule has 0 atom stereocenters. The van der Waals surface area contributed by atoms with Crippen LogP contribution < -0.4 is 15.4 Å². The monoisotopic (exact) mass is 440 g/mol. The molecular weight excluding hydrogens is 411 g/mol. The fourth-order valence-corrected chi connectivity index (χ4v) is 3.00. The first kappa shape index (κ1) is 23.0. The minimum Gasteiger partial charge on any atom is -0.468 e. The molecule has 0 spiro atoms. The quantitative estimate of drug-likeness (QED) is 0.286. The number of benzene rings is 1. The number of aromatic nitrogens is 3. The Bertz CT molecular complexity index is 1130. The van der Waals surface area contributed by atoms with Crippen LogP contribution in [0, 0.1) is 19.7 Å². The van der Waals surface area contributed by atoms with Crippen LogP contribution in [0.2, 0.25) is 0 Å². The van der Waals surface area contributed by atoms with Crippen molar-refractivity contribution in [3.05, 3.63) is 53.4 Å². The van der Waals surface area contributed by atoms with Crippen LogP contribution in [0.5, 0.6) is 5.75 Å². The van der Waals surface area contributed by atoms with E-state index in [-0.39, 0.29) is 12.5 Å². The Kier molecular flexibility index (Phi) is 7.61. The van der Waals surface area contributed by atoms with Gasteiger partial charge in [0.2, 0.25) is 0 Å². The maximum atomic E-state index is 14.7. The third-order valence-electron chi connectivity index (χ3n) is 4.56. The van der Waals surface area contributed by atoms with Gasteiger partial charge < -0.3 is 25.3 Å². The Balaban J connectivity index is 1.74. The van der Waals surface area contributed by atoms with Crippen LogP contribution in [0.3, 0.4) is 0 Å². The Labute approximate surface area is 186 Å². The third kappa shape index (κ3) is 6.17. The number of nitrogens with one attached hydrogen (secondary N) is 4. The molecule has 1 aromatic carbocycles. The molecule has 2 aromatic heterocycles. The van der Waals surface area contributed by atoms with Crippen molar-refractivity contribution in [3.8, 4) is 5.75 Å². The van der Waals surface area contributed by atoms with Crippen molar-refractivity contribution < 1.29 is 9.13 Å². The van der Waals surface area contributed by atoms with Gasteiger partial charge in [0.05, 0.1) is 0 Å². The summed E-state index contributed by atoms with van der Waals surface area (Å²) in [6.07, 6.45) is 1.70. The van der Waals surface area contributed by atoms with Crippen molar-refractivity contribution >= 4 is 29.3 Å². The van der Waals surface area contributed by atoms with Crippen LogP contribution in [0.1, 0.15) is 11.4 Å². The summed E-state index contributed by atoms with van der Waals surface area (Å²) in [5.74, 6) is 1.32. The highest BCUT2D eigenvalue weighted by atomic mass is 19.1. The summed E-state index contributed by atoms with van der Waals surface area (Å²) >= 11 is 0. The summed E-state index contributed by atoms with van der Waals surface area (Å²) < 4.78 is 20.3. The molecule has 9 nitrogen and oxygen atoms in total. The summed E-state index contributed by atoms with van der Waals surface area (Å²) in [6, 6.07) is 6.98. The van der Waals surface area contributed by atoms with E-state index in [1.54, 1.807) is 24.3 Å². The number of fused-ring (bicyclic) bond motifs is 1. The van der Waals surface area contributed by atoms with Crippen molar-refractivity contribution in [2.24, 2.45) is 9.98 Å². The van der Waals surface area contributed by atoms with Gasteiger partial charge in [-0.2, -0.15) is 5.10 Å². The number of amidine groups is 1. The Morgan fingerprint density at radius 3 is 2.78 bits per heavy atom. The van der Waals surface area contributed by atoms with Gasteiger partial charge in [-0.25, -0.2) is 14.4 Å². The molecule has 0 aliphatic carbocycles. The highest BCUT2D eigenvalue weighted by Gasteiger charge is 2.10. The van der Waals surface area contributed by atoms with Crippen LogP contribution in [0.25, 0.3) is 10.9 Å². The van der Waals surface area contributed by atoms with E-state index in [1.165, 1.54) is 0 Å². The highest BCUT2D eigenvalue weighted by Crippen LogP contribution is 2.26. The second-order valence-electron chi connectivity index (χ2n) is 7.59. The van der Waals surface area contributed by atoms with Gasteiger partial charge in [-0.3, -0.25) is 5.10 Å². The molecule has 4 N–H and O–H groups in total. The lowest BCUT2D eigenvalue weighted by atomic mass is 10.2. The van der Waals surface area contributed by atoms with Crippen molar-refractivity contribution in [1.29, 1.82) is 0 Å². The van der Waals surface area contributed by atoms with Gasteiger partial charge >= 0.3 is 0 Å². The third-order valence-corrected chi connectivity index (χ3v) is 4.56. The normalized spacial score (nSPS) is 12.4. The Hall–Kier alpha value is -3.66. The number of anilines is 1. The fourth-order valence-electron chi connectivity index (χ4n) is 3.00. The molecule has 0 saturated carbocycles. The molecule has 0 aliphatic heterocycles. The SMILES string of the molecule is C=N/C(=C\C(=N/COc1ccc2[nH]c(C)cc2c1F)NCCN(C)C)Nc1cc(C)[nH]n1.